The molecular weight excluding hydrogens is 375 g/mol. The standard InChI is InChI=1S/C15H11Br2Cl/c16-13-6-1-11(2-7-13)3-10-15(18)12-4-8-14(17)9-5-12/h1-10,15H/b10-3+. The molecule has 0 nitrogen and oxygen atoms in total. The molecule has 0 aliphatic carbocycles. The third kappa shape index (κ3) is 3.98. The molecule has 0 spiro atoms. The van der Waals surface area contributed by atoms with Crippen LogP contribution in [0.25, 0.3) is 6.08 Å². The van der Waals surface area contributed by atoms with Gasteiger partial charge in [-0.15, -0.1) is 11.6 Å². The van der Waals surface area contributed by atoms with Gasteiger partial charge in [0.25, 0.3) is 0 Å². The molecule has 3 heteroatoms. The second-order valence-electron chi connectivity index (χ2n) is 3.86. The fraction of sp³-hybridized carbons (Fsp3) is 0.0667. The first kappa shape index (κ1) is 13.9. The zero-order valence-corrected chi connectivity index (χ0v) is 13.4. The van der Waals surface area contributed by atoms with E-state index in [1.807, 2.05) is 60.7 Å². The van der Waals surface area contributed by atoms with E-state index in [9.17, 15) is 0 Å². The first-order valence-electron chi connectivity index (χ1n) is 5.48. The van der Waals surface area contributed by atoms with Gasteiger partial charge in [-0.1, -0.05) is 68.3 Å². The number of benzene rings is 2. The van der Waals surface area contributed by atoms with E-state index in [-0.39, 0.29) is 5.38 Å². The lowest BCUT2D eigenvalue weighted by Crippen LogP contribution is -1.85. The van der Waals surface area contributed by atoms with Crippen LogP contribution in [0.4, 0.5) is 0 Å². The number of hydrogen-bond acceptors (Lipinski definition) is 0. The molecule has 2 aromatic carbocycles. The summed E-state index contributed by atoms with van der Waals surface area (Å²) in [5.41, 5.74) is 2.23. The minimum atomic E-state index is -0.109. The van der Waals surface area contributed by atoms with Crippen LogP contribution in [0.5, 0.6) is 0 Å². The van der Waals surface area contributed by atoms with Crippen molar-refractivity contribution in [2.45, 2.75) is 5.38 Å². The van der Waals surface area contributed by atoms with Gasteiger partial charge in [0.2, 0.25) is 0 Å². The van der Waals surface area contributed by atoms with Crippen molar-refractivity contribution in [3.63, 3.8) is 0 Å². The van der Waals surface area contributed by atoms with Crippen molar-refractivity contribution in [3.8, 4) is 0 Å². The van der Waals surface area contributed by atoms with Crippen molar-refractivity contribution in [2.24, 2.45) is 0 Å². The Balaban J connectivity index is 2.08. The summed E-state index contributed by atoms with van der Waals surface area (Å²) in [7, 11) is 0. The predicted molar refractivity (Wildman–Crippen MR) is 85.9 cm³/mol. The minimum absolute atomic E-state index is 0.109. The maximum Gasteiger partial charge on any atom is 0.0769 e. The Labute approximate surface area is 129 Å². The zero-order valence-electron chi connectivity index (χ0n) is 9.48. The van der Waals surface area contributed by atoms with Gasteiger partial charge in [0.05, 0.1) is 5.38 Å². The van der Waals surface area contributed by atoms with Crippen molar-refractivity contribution in [3.05, 3.63) is 74.7 Å². The number of halogens is 3. The second-order valence-corrected chi connectivity index (χ2v) is 6.17. The van der Waals surface area contributed by atoms with E-state index in [0.29, 0.717) is 0 Å². The lowest BCUT2D eigenvalue weighted by atomic mass is 10.1. The molecule has 0 amide bonds. The van der Waals surface area contributed by atoms with Gasteiger partial charge in [-0.05, 0) is 35.4 Å². The molecule has 0 bridgehead atoms. The predicted octanol–water partition coefficient (Wildman–Crippen LogP) is 6.20. The van der Waals surface area contributed by atoms with Crippen LogP contribution in [0.3, 0.4) is 0 Å². The van der Waals surface area contributed by atoms with E-state index in [2.05, 4.69) is 31.9 Å². The molecule has 0 fully saturated rings. The van der Waals surface area contributed by atoms with E-state index in [1.54, 1.807) is 0 Å². The second kappa shape index (κ2) is 6.55. The Bertz CT molecular complexity index is 529. The topological polar surface area (TPSA) is 0 Å². The van der Waals surface area contributed by atoms with E-state index >= 15 is 0 Å². The first-order chi connectivity index (χ1) is 8.65. The number of allylic oxidation sites excluding steroid dienone is 1. The van der Waals surface area contributed by atoms with Crippen molar-refractivity contribution in [1.82, 2.24) is 0 Å². The summed E-state index contributed by atoms with van der Waals surface area (Å²) in [6.07, 6.45) is 4.03. The SMILES string of the molecule is ClC(/C=C/c1ccc(Br)cc1)c1ccc(Br)cc1. The summed E-state index contributed by atoms with van der Waals surface area (Å²) in [5, 5.41) is -0.109. The molecule has 0 aliphatic rings. The van der Waals surface area contributed by atoms with Crippen LogP contribution in [-0.4, -0.2) is 0 Å². The van der Waals surface area contributed by atoms with Gasteiger partial charge in [-0.3, -0.25) is 0 Å². The highest BCUT2D eigenvalue weighted by Gasteiger charge is 2.02. The Kier molecular flexibility index (Phi) is 5.04. The van der Waals surface area contributed by atoms with Crippen LogP contribution in [-0.2, 0) is 0 Å². The molecule has 2 aromatic rings. The van der Waals surface area contributed by atoms with Crippen LogP contribution >= 0.6 is 43.5 Å². The Morgan fingerprint density at radius 3 is 1.89 bits per heavy atom. The van der Waals surface area contributed by atoms with Crippen LogP contribution in [0.1, 0.15) is 16.5 Å². The van der Waals surface area contributed by atoms with Crippen LogP contribution < -0.4 is 0 Å². The highest BCUT2D eigenvalue weighted by Crippen LogP contribution is 2.24. The van der Waals surface area contributed by atoms with E-state index in [4.69, 9.17) is 11.6 Å². The van der Waals surface area contributed by atoms with Crippen LogP contribution in [0.15, 0.2) is 63.6 Å². The molecule has 0 saturated heterocycles. The molecule has 1 unspecified atom stereocenters. The molecule has 2 rings (SSSR count). The maximum absolute atomic E-state index is 6.33. The highest BCUT2D eigenvalue weighted by molar-refractivity contribution is 9.10. The van der Waals surface area contributed by atoms with Gasteiger partial charge in [-0.25, -0.2) is 0 Å². The molecule has 0 saturated carbocycles. The summed E-state index contributed by atoms with van der Waals surface area (Å²) < 4.78 is 2.14. The van der Waals surface area contributed by atoms with E-state index in [0.717, 1.165) is 20.1 Å². The average Bonchev–Trinajstić information content (AvgIpc) is 2.38. The number of hydrogen-bond donors (Lipinski definition) is 0. The van der Waals surface area contributed by atoms with Crippen molar-refractivity contribution < 1.29 is 0 Å². The van der Waals surface area contributed by atoms with E-state index in [1.165, 1.54) is 0 Å². The smallest absolute Gasteiger partial charge is 0.0769 e. The quantitative estimate of drug-likeness (QED) is 0.551. The zero-order chi connectivity index (χ0) is 13.0. The summed E-state index contributed by atoms with van der Waals surface area (Å²) in [5.74, 6) is 0. The summed E-state index contributed by atoms with van der Waals surface area (Å²) >= 11 is 13.2. The fourth-order valence-corrected chi connectivity index (χ4v) is 2.27. The summed E-state index contributed by atoms with van der Waals surface area (Å²) in [6.45, 7) is 0. The van der Waals surface area contributed by atoms with Gasteiger partial charge < -0.3 is 0 Å². The third-order valence-electron chi connectivity index (χ3n) is 2.52. The van der Waals surface area contributed by atoms with Crippen LogP contribution in [0.2, 0.25) is 0 Å². The summed E-state index contributed by atoms with van der Waals surface area (Å²) in [4.78, 5) is 0. The minimum Gasteiger partial charge on any atom is -0.113 e. The number of rotatable bonds is 3. The molecule has 92 valence electrons. The average molecular weight is 387 g/mol. The Morgan fingerprint density at radius 1 is 0.833 bits per heavy atom. The van der Waals surface area contributed by atoms with Gasteiger partial charge in [0.1, 0.15) is 0 Å². The largest absolute Gasteiger partial charge is 0.113 e. The normalized spacial score (nSPS) is 12.8. The molecule has 0 N–H and O–H groups in total. The van der Waals surface area contributed by atoms with Gasteiger partial charge in [-0.2, -0.15) is 0 Å². The lowest BCUT2D eigenvalue weighted by molar-refractivity contribution is 1.22. The third-order valence-corrected chi connectivity index (χ3v) is 3.97. The van der Waals surface area contributed by atoms with Crippen molar-refractivity contribution in [1.29, 1.82) is 0 Å². The molecule has 1 atom stereocenters. The highest BCUT2D eigenvalue weighted by atomic mass is 79.9. The fourth-order valence-electron chi connectivity index (χ4n) is 1.53. The molecule has 0 heterocycles. The molecule has 0 aliphatic heterocycles. The van der Waals surface area contributed by atoms with Crippen LogP contribution in [0, 0.1) is 0 Å². The molecular formula is C15H11Br2Cl. The first-order valence-corrected chi connectivity index (χ1v) is 7.51. The van der Waals surface area contributed by atoms with Gasteiger partial charge in [0, 0.05) is 8.95 Å². The van der Waals surface area contributed by atoms with Gasteiger partial charge in [0.15, 0.2) is 0 Å². The van der Waals surface area contributed by atoms with Crippen molar-refractivity contribution >= 4 is 49.5 Å². The summed E-state index contributed by atoms with van der Waals surface area (Å²) in [6, 6.07) is 16.2. The van der Waals surface area contributed by atoms with E-state index < -0.39 is 0 Å². The number of alkyl halides is 1. The van der Waals surface area contributed by atoms with Crippen molar-refractivity contribution in [2.75, 3.05) is 0 Å². The van der Waals surface area contributed by atoms with Gasteiger partial charge >= 0.3 is 0 Å². The maximum atomic E-state index is 6.33. The monoisotopic (exact) mass is 384 g/mol. The molecule has 18 heavy (non-hydrogen) atoms. The molecule has 0 aromatic heterocycles. The Morgan fingerprint density at radius 2 is 1.33 bits per heavy atom. The molecule has 0 radical (unpaired) electrons. The Hall–Kier alpha value is -0.570. The lowest BCUT2D eigenvalue weighted by Gasteiger charge is -2.04.